The smallest absolute Gasteiger partial charge is 0.329 e. The molecule has 32 heavy (non-hydrogen) atoms. The number of rotatable bonds is 6. The number of hydrogen-bond acceptors (Lipinski definition) is 4. The fraction of sp³-hybridized carbons (Fsp3) is 0.0909. The van der Waals surface area contributed by atoms with Gasteiger partial charge < -0.3 is 20.9 Å². The first-order chi connectivity index (χ1) is 15.3. The molecule has 2 heterocycles. The van der Waals surface area contributed by atoms with Crippen LogP contribution in [0.3, 0.4) is 0 Å². The molecule has 1 fully saturated rings. The van der Waals surface area contributed by atoms with E-state index in [0.717, 1.165) is 15.8 Å². The fourth-order valence-electron chi connectivity index (χ4n) is 3.44. The van der Waals surface area contributed by atoms with Crippen LogP contribution in [0.4, 0.5) is 14.9 Å². The van der Waals surface area contributed by atoms with Crippen molar-refractivity contribution in [2.45, 2.75) is 6.54 Å². The van der Waals surface area contributed by atoms with Crippen LogP contribution in [0.15, 0.2) is 60.4 Å². The van der Waals surface area contributed by atoms with Gasteiger partial charge in [0.25, 0.3) is 5.91 Å². The summed E-state index contributed by atoms with van der Waals surface area (Å²) in [5.41, 5.74) is 6.97. The van der Waals surface area contributed by atoms with E-state index in [4.69, 9.17) is 5.73 Å². The summed E-state index contributed by atoms with van der Waals surface area (Å²) in [5.74, 6) is -2.26. The number of primary amides is 1. The van der Waals surface area contributed by atoms with E-state index in [-0.39, 0.29) is 12.2 Å². The molecule has 2 aromatic carbocycles. The van der Waals surface area contributed by atoms with E-state index in [1.165, 1.54) is 30.3 Å². The maximum atomic E-state index is 13.0. The highest BCUT2D eigenvalue weighted by molar-refractivity contribution is 6.16. The molecule has 1 aromatic heterocycles. The minimum atomic E-state index is -0.739. The number of amides is 5. The molecule has 0 atom stereocenters. The summed E-state index contributed by atoms with van der Waals surface area (Å²) in [4.78, 5) is 49.4. The van der Waals surface area contributed by atoms with E-state index >= 15 is 0 Å². The number of para-hydroxylation sites is 1. The topological polar surface area (TPSA) is 127 Å². The molecule has 0 saturated carbocycles. The Kier molecular flexibility index (Phi) is 5.42. The maximum absolute atomic E-state index is 13.0. The Labute approximate surface area is 181 Å². The highest BCUT2D eigenvalue weighted by atomic mass is 19.1. The third-order valence-corrected chi connectivity index (χ3v) is 4.84. The highest BCUT2D eigenvalue weighted by Crippen LogP contribution is 2.24. The van der Waals surface area contributed by atoms with E-state index in [9.17, 15) is 23.6 Å². The number of halogens is 1. The molecule has 3 aromatic rings. The summed E-state index contributed by atoms with van der Waals surface area (Å²) in [6.45, 7) is -0.553. The van der Waals surface area contributed by atoms with Crippen molar-refractivity contribution in [2.24, 2.45) is 5.73 Å². The Bertz CT molecular complexity index is 1280. The van der Waals surface area contributed by atoms with Gasteiger partial charge in [0, 0.05) is 28.4 Å². The molecule has 0 radical (unpaired) electrons. The second-order valence-electron chi connectivity index (χ2n) is 7.13. The lowest BCUT2D eigenvalue weighted by atomic mass is 10.1. The Balaban J connectivity index is 1.54. The van der Waals surface area contributed by atoms with Gasteiger partial charge in [0.15, 0.2) is 0 Å². The number of aromatic nitrogens is 1. The number of benzene rings is 2. The average Bonchev–Trinajstić information content (AvgIpc) is 3.22. The summed E-state index contributed by atoms with van der Waals surface area (Å²) < 4.78 is 14.6. The third kappa shape index (κ3) is 4.19. The molecule has 1 aliphatic heterocycles. The van der Waals surface area contributed by atoms with Crippen LogP contribution in [0.2, 0.25) is 0 Å². The van der Waals surface area contributed by atoms with Gasteiger partial charge in [-0.2, -0.15) is 0 Å². The van der Waals surface area contributed by atoms with Crippen LogP contribution >= 0.6 is 0 Å². The van der Waals surface area contributed by atoms with Gasteiger partial charge in [-0.05, 0) is 36.4 Å². The quantitative estimate of drug-likeness (QED) is 0.403. The molecule has 5 amide bonds. The molecule has 0 aliphatic carbocycles. The number of urea groups is 1. The average molecular weight is 435 g/mol. The number of imide groups is 1. The van der Waals surface area contributed by atoms with Crippen molar-refractivity contribution in [1.29, 1.82) is 0 Å². The molecule has 0 unspecified atom stereocenters. The Morgan fingerprint density at radius 1 is 1.06 bits per heavy atom. The van der Waals surface area contributed by atoms with Crippen molar-refractivity contribution >= 4 is 46.4 Å². The van der Waals surface area contributed by atoms with Crippen molar-refractivity contribution in [3.05, 3.63) is 71.8 Å². The van der Waals surface area contributed by atoms with Gasteiger partial charge in [0.05, 0.1) is 0 Å². The Hall–Kier alpha value is -4.47. The zero-order valence-electron chi connectivity index (χ0n) is 16.7. The van der Waals surface area contributed by atoms with E-state index in [1.54, 1.807) is 29.0 Å². The Morgan fingerprint density at radius 2 is 1.78 bits per heavy atom. The number of fused-ring (bicyclic) bond motifs is 1. The molecule has 10 heteroatoms. The van der Waals surface area contributed by atoms with Crippen molar-refractivity contribution < 1.29 is 23.6 Å². The standard InChI is InChI=1S/C22H18FN5O4/c23-14-5-7-15(8-6-14)25-20(30)12-28-21(31)17(26-22(28)32)9-13-10-27(11-19(24)29)18-4-2-1-3-16(13)18/h1-10H,11-12H2,(H2,24,29)(H,25,30)(H,26,32)/b17-9-. The van der Waals surface area contributed by atoms with E-state index in [2.05, 4.69) is 10.6 Å². The van der Waals surface area contributed by atoms with Gasteiger partial charge >= 0.3 is 6.03 Å². The summed E-state index contributed by atoms with van der Waals surface area (Å²) in [6.07, 6.45) is 3.14. The predicted octanol–water partition coefficient (Wildman–Crippen LogP) is 1.80. The number of carbonyl (C=O) groups is 4. The van der Waals surface area contributed by atoms with Crippen LogP contribution in [0.25, 0.3) is 17.0 Å². The second kappa shape index (κ2) is 8.34. The summed E-state index contributed by atoms with van der Waals surface area (Å²) in [5, 5.41) is 5.72. The first-order valence-corrected chi connectivity index (χ1v) is 9.58. The predicted molar refractivity (Wildman–Crippen MR) is 114 cm³/mol. The second-order valence-corrected chi connectivity index (χ2v) is 7.13. The number of nitrogens with zero attached hydrogens (tertiary/aromatic N) is 2. The number of hydrogen-bond donors (Lipinski definition) is 3. The van der Waals surface area contributed by atoms with Crippen LogP contribution in [0.1, 0.15) is 5.56 Å². The molecule has 162 valence electrons. The van der Waals surface area contributed by atoms with Gasteiger partial charge in [-0.1, -0.05) is 18.2 Å². The minimum absolute atomic E-state index is 0.00781. The molecule has 4 N–H and O–H groups in total. The molecular weight excluding hydrogens is 417 g/mol. The fourth-order valence-corrected chi connectivity index (χ4v) is 3.44. The van der Waals surface area contributed by atoms with Crippen molar-refractivity contribution in [3.63, 3.8) is 0 Å². The summed E-state index contributed by atoms with van der Waals surface area (Å²) >= 11 is 0. The lowest BCUT2D eigenvalue weighted by Crippen LogP contribution is -2.38. The number of nitrogens with one attached hydrogen (secondary N) is 2. The Morgan fingerprint density at radius 3 is 2.50 bits per heavy atom. The van der Waals surface area contributed by atoms with Gasteiger partial charge in [0.1, 0.15) is 24.6 Å². The normalized spacial score (nSPS) is 14.8. The molecule has 4 rings (SSSR count). The SMILES string of the molecule is NC(=O)Cn1cc(/C=C2\NC(=O)N(CC(=O)Nc3ccc(F)cc3)C2=O)c2ccccc21. The van der Waals surface area contributed by atoms with Gasteiger partial charge in [-0.15, -0.1) is 0 Å². The van der Waals surface area contributed by atoms with Crippen LogP contribution < -0.4 is 16.4 Å². The molecule has 1 aliphatic rings. The van der Waals surface area contributed by atoms with Gasteiger partial charge in [-0.3, -0.25) is 14.4 Å². The van der Waals surface area contributed by atoms with E-state index in [0.29, 0.717) is 11.3 Å². The zero-order valence-corrected chi connectivity index (χ0v) is 16.7. The number of carbonyl (C=O) groups excluding carboxylic acids is 4. The van der Waals surface area contributed by atoms with E-state index < -0.39 is 36.1 Å². The lowest BCUT2D eigenvalue weighted by molar-refractivity contribution is -0.127. The van der Waals surface area contributed by atoms with Crippen molar-refractivity contribution in [3.8, 4) is 0 Å². The number of anilines is 1. The van der Waals surface area contributed by atoms with E-state index in [1.807, 2.05) is 6.07 Å². The molecule has 0 bridgehead atoms. The lowest BCUT2D eigenvalue weighted by Gasteiger charge is -2.11. The number of nitrogens with two attached hydrogens (primary N) is 1. The third-order valence-electron chi connectivity index (χ3n) is 4.84. The summed E-state index contributed by atoms with van der Waals surface area (Å²) in [6, 6.07) is 11.6. The van der Waals surface area contributed by atoms with Crippen molar-refractivity contribution in [2.75, 3.05) is 11.9 Å². The molecule has 1 saturated heterocycles. The molecule has 0 spiro atoms. The van der Waals surface area contributed by atoms with Crippen molar-refractivity contribution in [1.82, 2.24) is 14.8 Å². The van der Waals surface area contributed by atoms with Crippen LogP contribution in [0.5, 0.6) is 0 Å². The maximum Gasteiger partial charge on any atom is 0.329 e. The van der Waals surface area contributed by atoms with Gasteiger partial charge in [-0.25, -0.2) is 14.1 Å². The minimum Gasteiger partial charge on any atom is -0.368 e. The van der Waals surface area contributed by atoms with Crippen LogP contribution in [0, 0.1) is 5.82 Å². The first-order valence-electron chi connectivity index (χ1n) is 9.58. The highest BCUT2D eigenvalue weighted by Gasteiger charge is 2.35. The van der Waals surface area contributed by atoms with Crippen LogP contribution in [-0.2, 0) is 20.9 Å². The van der Waals surface area contributed by atoms with Crippen LogP contribution in [-0.4, -0.2) is 39.8 Å². The first kappa shape index (κ1) is 20.8. The summed E-state index contributed by atoms with van der Waals surface area (Å²) in [7, 11) is 0. The molecule has 9 nitrogen and oxygen atoms in total. The molecular formula is C22H18FN5O4. The monoisotopic (exact) mass is 435 g/mol. The largest absolute Gasteiger partial charge is 0.368 e. The zero-order chi connectivity index (χ0) is 22.8. The van der Waals surface area contributed by atoms with Gasteiger partial charge in [0.2, 0.25) is 11.8 Å².